The summed E-state index contributed by atoms with van der Waals surface area (Å²) in [5.41, 5.74) is 4.63. The highest BCUT2D eigenvalue weighted by molar-refractivity contribution is 7.80. The van der Waals surface area contributed by atoms with Crippen molar-refractivity contribution in [1.82, 2.24) is 15.1 Å². The molecule has 0 unspecified atom stereocenters. The smallest absolute Gasteiger partial charge is 0.260 e. The number of aryl methyl sites for hydroxylation is 1. The number of rotatable bonds is 4. The molecule has 3 aromatic rings. The predicted molar refractivity (Wildman–Crippen MR) is 115 cm³/mol. The Morgan fingerprint density at radius 1 is 1.03 bits per heavy atom. The van der Waals surface area contributed by atoms with Crippen LogP contribution in [0.1, 0.15) is 40.3 Å². The minimum atomic E-state index is -0.604. The van der Waals surface area contributed by atoms with Crippen molar-refractivity contribution in [3.8, 4) is 5.69 Å². The summed E-state index contributed by atoms with van der Waals surface area (Å²) >= 11 is 5.45. The van der Waals surface area contributed by atoms with E-state index >= 15 is 0 Å². The number of nitrogens with one attached hydrogen (secondary N) is 1. The topological polar surface area (TPSA) is 67.2 Å². The van der Waals surface area contributed by atoms with Gasteiger partial charge in [0.2, 0.25) is 0 Å². The van der Waals surface area contributed by atoms with Gasteiger partial charge in [-0.25, -0.2) is 4.68 Å². The summed E-state index contributed by atoms with van der Waals surface area (Å²) in [6.45, 7) is 5.35. The molecule has 0 spiro atoms. The van der Waals surface area contributed by atoms with Crippen molar-refractivity contribution in [1.29, 1.82) is 0 Å². The first-order valence-electron chi connectivity index (χ1n) is 9.25. The Labute approximate surface area is 174 Å². The average Bonchev–Trinajstić information content (AvgIpc) is 3.17. The van der Waals surface area contributed by atoms with Crippen LogP contribution in [0.15, 0.2) is 54.6 Å². The molecule has 0 aliphatic carbocycles. The molecule has 7 heteroatoms. The fourth-order valence-electron chi connectivity index (χ4n) is 3.66. The summed E-state index contributed by atoms with van der Waals surface area (Å²) in [4.78, 5) is 26.2. The molecule has 1 aliphatic heterocycles. The van der Waals surface area contributed by atoms with Gasteiger partial charge in [-0.15, -0.1) is 0 Å². The second kappa shape index (κ2) is 7.25. The van der Waals surface area contributed by atoms with E-state index in [1.807, 2.05) is 48.9 Å². The number of ketones is 1. The maximum atomic E-state index is 13.3. The molecule has 1 fully saturated rings. The first-order chi connectivity index (χ1) is 13.9. The van der Waals surface area contributed by atoms with Gasteiger partial charge in [0.1, 0.15) is 6.04 Å². The molecule has 0 radical (unpaired) electrons. The molecule has 6 nitrogen and oxygen atoms in total. The van der Waals surface area contributed by atoms with Crippen molar-refractivity contribution in [2.24, 2.45) is 0 Å². The Kier molecular flexibility index (Phi) is 4.76. The highest BCUT2D eigenvalue weighted by Crippen LogP contribution is 2.31. The molecule has 4 rings (SSSR count). The van der Waals surface area contributed by atoms with Gasteiger partial charge in [0.15, 0.2) is 10.9 Å². The van der Waals surface area contributed by atoms with E-state index in [4.69, 9.17) is 12.2 Å². The average molecular weight is 404 g/mol. The SMILES string of the molecule is CC(=O)c1ccc(N2C(=O)[C@H](c3c(C)nn(-c4ccccc4)c3C)NC2=S)cc1. The lowest BCUT2D eigenvalue weighted by Crippen LogP contribution is -2.30. The lowest BCUT2D eigenvalue weighted by molar-refractivity contribution is -0.118. The third-order valence-electron chi connectivity index (χ3n) is 5.11. The van der Waals surface area contributed by atoms with Crippen molar-refractivity contribution < 1.29 is 9.59 Å². The number of amides is 1. The molecular weight excluding hydrogens is 384 g/mol. The van der Waals surface area contributed by atoms with Gasteiger partial charge >= 0.3 is 0 Å². The largest absolute Gasteiger partial charge is 0.346 e. The van der Waals surface area contributed by atoms with Crippen molar-refractivity contribution in [2.45, 2.75) is 26.8 Å². The predicted octanol–water partition coefficient (Wildman–Crippen LogP) is 3.65. The van der Waals surface area contributed by atoms with E-state index in [0.29, 0.717) is 16.4 Å². The van der Waals surface area contributed by atoms with Crippen LogP contribution in [0.3, 0.4) is 0 Å². The molecule has 1 atom stereocenters. The number of hydrogen-bond acceptors (Lipinski definition) is 4. The standard InChI is InChI=1S/C22H20N4O2S/c1-13-19(14(2)26(24-13)18-7-5-4-6-8-18)20-21(28)25(22(29)23-20)17-11-9-16(10-12-17)15(3)27/h4-12,20H,1-3H3,(H,23,29)/t20-/m0/s1. The van der Waals surface area contributed by atoms with Crippen LogP contribution >= 0.6 is 12.2 Å². The third-order valence-corrected chi connectivity index (χ3v) is 5.41. The van der Waals surface area contributed by atoms with Gasteiger partial charge in [0, 0.05) is 16.8 Å². The Bertz CT molecular complexity index is 1120. The molecule has 0 saturated carbocycles. The van der Waals surface area contributed by atoms with Crippen LogP contribution in [0.5, 0.6) is 0 Å². The van der Waals surface area contributed by atoms with Crippen molar-refractivity contribution >= 4 is 34.7 Å². The Hall–Kier alpha value is -3.32. The van der Waals surface area contributed by atoms with Crippen LogP contribution < -0.4 is 10.2 Å². The number of anilines is 1. The lowest BCUT2D eigenvalue weighted by Gasteiger charge is -2.15. The quantitative estimate of drug-likeness (QED) is 0.531. The molecule has 1 aromatic heterocycles. The third kappa shape index (κ3) is 3.23. The number of nitrogens with zero attached hydrogens (tertiary/aromatic N) is 3. The van der Waals surface area contributed by atoms with Gasteiger partial charge in [-0.2, -0.15) is 5.10 Å². The molecule has 1 aliphatic rings. The number of para-hydroxylation sites is 1. The first-order valence-corrected chi connectivity index (χ1v) is 9.66. The van der Waals surface area contributed by atoms with E-state index in [0.717, 1.165) is 22.6 Å². The highest BCUT2D eigenvalue weighted by atomic mass is 32.1. The maximum Gasteiger partial charge on any atom is 0.260 e. The zero-order chi connectivity index (χ0) is 20.7. The van der Waals surface area contributed by atoms with E-state index in [9.17, 15) is 9.59 Å². The minimum absolute atomic E-state index is 0.0255. The van der Waals surface area contributed by atoms with Crippen LogP contribution in [-0.2, 0) is 4.79 Å². The number of hydrogen-bond donors (Lipinski definition) is 1. The second-order valence-corrected chi connectivity index (χ2v) is 7.38. The molecule has 0 bridgehead atoms. The Balaban J connectivity index is 1.69. The van der Waals surface area contributed by atoms with Gasteiger partial charge in [0.25, 0.3) is 5.91 Å². The fourth-order valence-corrected chi connectivity index (χ4v) is 3.97. The maximum absolute atomic E-state index is 13.3. The van der Waals surface area contributed by atoms with Crippen LogP contribution in [0.4, 0.5) is 5.69 Å². The lowest BCUT2D eigenvalue weighted by atomic mass is 10.0. The highest BCUT2D eigenvalue weighted by Gasteiger charge is 2.40. The molecule has 1 saturated heterocycles. The summed E-state index contributed by atoms with van der Waals surface area (Å²) in [5, 5.41) is 8.11. The van der Waals surface area contributed by atoms with Gasteiger partial charge in [0.05, 0.1) is 17.1 Å². The number of benzene rings is 2. The molecule has 2 heterocycles. The fraction of sp³-hybridized carbons (Fsp3) is 0.182. The van der Waals surface area contributed by atoms with Crippen LogP contribution in [0, 0.1) is 13.8 Å². The number of aromatic nitrogens is 2. The molecule has 1 amide bonds. The summed E-state index contributed by atoms with van der Waals surface area (Å²) in [6.07, 6.45) is 0. The number of carbonyl (C=O) groups is 2. The zero-order valence-corrected chi connectivity index (χ0v) is 17.2. The van der Waals surface area contributed by atoms with Gasteiger partial charge < -0.3 is 5.32 Å². The van der Waals surface area contributed by atoms with Crippen LogP contribution in [0.25, 0.3) is 5.69 Å². The second-order valence-electron chi connectivity index (χ2n) is 6.99. The minimum Gasteiger partial charge on any atom is -0.346 e. The summed E-state index contributed by atoms with van der Waals surface area (Å²) in [6, 6.07) is 16.1. The van der Waals surface area contributed by atoms with Crippen molar-refractivity contribution in [3.63, 3.8) is 0 Å². The molecular formula is C22H20N4O2S. The summed E-state index contributed by atoms with van der Waals surface area (Å²) in [5.74, 6) is -0.188. The van der Waals surface area contributed by atoms with Gasteiger partial charge in [-0.3, -0.25) is 14.5 Å². The van der Waals surface area contributed by atoms with Crippen LogP contribution in [0.2, 0.25) is 0 Å². The zero-order valence-electron chi connectivity index (χ0n) is 16.3. The number of Topliss-reactive ketones (excluding diaryl/α,β-unsaturated/α-hetero) is 1. The van der Waals surface area contributed by atoms with E-state index in [2.05, 4.69) is 10.4 Å². The molecule has 2 aromatic carbocycles. The number of thiocarbonyl (C=S) groups is 1. The van der Waals surface area contributed by atoms with E-state index < -0.39 is 6.04 Å². The molecule has 29 heavy (non-hydrogen) atoms. The Morgan fingerprint density at radius 2 is 1.69 bits per heavy atom. The monoisotopic (exact) mass is 404 g/mol. The molecule has 146 valence electrons. The molecule has 1 N–H and O–H groups in total. The first kappa shape index (κ1) is 19.0. The van der Waals surface area contributed by atoms with E-state index in [-0.39, 0.29) is 11.7 Å². The normalized spacial score (nSPS) is 16.2. The number of carbonyl (C=O) groups excluding carboxylic acids is 2. The van der Waals surface area contributed by atoms with Crippen molar-refractivity contribution in [2.75, 3.05) is 4.90 Å². The van der Waals surface area contributed by atoms with Gasteiger partial charge in [-0.05, 0) is 69.4 Å². The van der Waals surface area contributed by atoms with E-state index in [1.54, 1.807) is 24.3 Å². The van der Waals surface area contributed by atoms with Gasteiger partial charge in [-0.1, -0.05) is 18.2 Å². The van der Waals surface area contributed by atoms with E-state index in [1.165, 1.54) is 11.8 Å². The summed E-state index contributed by atoms with van der Waals surface area (Å²) < 4.78 is 1.84. The van der Waals surface area contributed by atoms with Crippen molar-refractivity contribution in [3.05, 3.63) is 77.1 Å². The summed E-state index contributed by atoms with van der Waals surface area (Å²) in [7, 11) is 0. The van der Waals surface area contributed by atoms with Crippen LogP contribution in [-0.4, -0.2) is 26.6 Å². The Morgan fingerprint density at radius 3 is 2.31 bits per heavy atom.